The summed E-state index contributed by atoms with van der Waals surface area (Å²) in [6, 6.07) is 2.98. The van der Waals surface area contributed by atoms with E-state index in [1.807, 2.05) is 6.92 Å². The molecule has 0 heterocycles. The van der Waals surface area contributed by atoms with Crippen molar-refractivity contribution < 1.29 is 23.0 Å². The van der Waals surface area contributed by atoms with Crippen molar-refractivity contribution in [2.24, 2.45) is 0 Å². The number of nitrogens with zero attached hydrogens (tertiary/aromatic N) is 1. The third-order valence-electron chi connectivity index (χ3n) is 3.57. The van der Waals surface area contributed by atoms with Gasteiger partial charge >= 0.3 is 0 Å². The van der Waals surface area contributed by atoms with Crippen LogP contribution in [-0.2, 0) is 16.6 Å². The molecule has 0 amide bonds. The molecule has 7 heteroatoms. The molecule has 0 unspecified atom stereocenters. The van der Waals surface area contributed by atoms with Crippen LogP contribution < -0.4 is 9.47 Å². The van der Waals surface area contributed by atoms with Crippen LogP contribution >= 0.6 is 0 Å². The highest BCUT2D eigenvalue weighted by molar-refractivity contribution is 7.89. The molecule has 0 bridgehead atoms. The standard InChI is InChI=1S/C14H21NO5S/c1-4-15(11-5-6-11)21(17,18)12-7-10(9-16)14(20-3)13(8-12)19-2/h7-8,11,16H,4-6,9H2,1-3H3. The summed E-state index contributed by atoms with van der Waals surface area (Å²) in [6.45, 7) is 1.93. The van der Waals surface area contributed by atoms with Crippen LogP contribution in [0.5, 0.6) is 11.5 Å². The highest BCUT2D eigenvalue weighted by Crippen LogP contribution is 2.37. The first-order chi connectivity index (χ1) is 9.99. The highest BCUT2D eigenvalue weighted by atomic mass is 32.2. The lowest BCUT2D eigenvalue weighted by molar-refractivity contribution is 0.269. The van der Waals surface area contributed by atoms with Crippen LogP contribution in [0.15, 0.2) is 17.0 Å². The number of aliphatic hydroxyl groups excluding tert-OH is 1. The molecule has 118 valence electrons. The lowest BCUT2D eigenvalue weighted by Gasteiger charge is -2.21. The maximum Gasteiger partial charge on any atom is 0.243 e. The van der Waals surface area contributed by atoms with E-state index in [-0.39, 0.29) is 17.5 Å². The second kappa shape index (κ2) is 6.21. The topological polar surface area (TPSA) is 76.1 Å². The van der Waals surface area contributed by atoms with E-state index in [0.717, 1.165) is 12.8 Å². The van der Waals surface area contributed by atoms with Gasteiger partial charge in [0.05, 0.1) is 25.7 Å². The largest absolute Gasteiger partial charge is 0.493 e. The monoisotopic (exact) mass is 315 g/mol. The first kappa shape index (κ1) is 16.1. The molecule has 2 rings (SSSR count). The lowest BCUT2D eigenvalue weighted by Crippen LogP contribution is -2.33. The molecule has 0 aromatic heterocycles. The summed E-state index contributed by atoms with van der Waals surface area (Å²) < 4.78 is 37.3. The van der Waals surface area contributed by atoms with E-state index < -0.39 is 10.0 Å². The number of hydrogen-bond donors (Lipinski definition) is 1. The number of ether oxygens (including phenoxy) is 2. The van der Waals surface area contributed by atoms with E-state index in [0.29, 0.717) is 23.6 Å². The lowest BCUT2D eigenvalue weighted by atomic mass is 10.2. The molecule has 1 aromatic carbocycles. The van der Waals surface area contributed by atoms with Crippen molar-refractivity contribution in [3.63, 3.8) is 0 Å². The molecule has 1 N–H and O–H groups in total. The molecule has 0 atom stereocenters. The van der Waals surface area contributed by atoms with Crippen molar-refractivity contribution in [2.45, 2.75) is 37.3 Å². The van der Waals surface area contributed by atoms with Crippen LogP contribution in [0.2, 0.25) is 0 Å². The van der Waals surface area contributed by atoms with E-state index in [9.17, 15) is 13.5 Å². The van der Waals surface area contributed by atoms with Gasteiger partial charge in [-0.1, -0.05) is 6.92 Å². The molecular formula is C14H21NO5S. The smallest absolute Gasteiger partial charge is 0.243 e. The Labute approximate surface area is 125 Å². The van der Waals surface area contributed by atoms with Crippen LogP contribution in [0, 0.1) is 0 Å². The zero-order valence-electron chi connectivity index (χ0n) is 12.5. The van der Waals surface area contributed by atoms with Crippen LogP contribution in [0.1, 0.15) is 25.3 Å². The van der Waals surface area contributed by atoms with Crippen LogP contribution in [-0.4, -0.2) is 44.6 Å². The molecule has 21 heavy (non-hydrogen) atoms. The van der Waals surface area contributed by atoms with Gasteiger partial charge in [0.25, 0.3) is 0 Å². The molecule has 0 aliphatic heterocycles. The van der Waals surface area contributed by atoms with Gasteiger partial charge in [0.2, 0.25) is 10.0 Å². The quantitative estimate of drug-likeness (QED) is 0.822. The molecule has 0 spiro atoms. The summed E-state index contributed by atoms with van der Waals surface area (Å²) in [5.41, 5.74) is 0.391. The fourth-order valence-corrected chi connectivity index (χ4v) is 4.17. The van der Waals surface area contributed by atoms with E-state index in [4.69, 9.17) is 9.47 Å². The van der Waals surface area contributed by atoms with Gasteiger partial charge in [-0.15, -0.1) is 0 Å². The second-order valence-electron chi connectivity index (χ2n) is 4.92. The van der Waals surface area contributed by atoms with Crippen LogP contribution in [0.3, 0.4) is 0 Å². The summed E-state index contributed by atoms with van der Waals surface area (Å²) in [5, 5.41) is 9.43. The van der Waals surface area contributed by atoms with Gasteiger partial charge in [-0.3, -0.25) is 0 Å². The average molecular weight is 315 g/mol. The van der Waals surface area contributed by atoms with Gasteiger partial charge in [-0.25, -0.2) is 8.42 Å². The molecule has 6 nitrogen and oxygen atoms in total. The van der Waals surface area contributed by atoms with Crippen LogP contribution in [0.4, 0.5) is 0 Å². The summed E-state index contributed by atoms with van der Waals surface area (Å²) >= 11 is 0. The fraction of sp³-hybridized carbons (Fsp3) is 0.571. The summed E-state index contributed by atoms with van der Waals surface area (Å²) in [7, 11) is -0.701. The molecule has 0 radical (unpaired) electrons. The molecule has 0 saturated heterocycles. The first-order valence-electron chi connectivity index (χ1n) is 6.87. The van der Waals surface area contributed by atoms with Gasteiger partial charge in [0, 0.05) is 24.2 Å². The zero-order valence-corrected chi connectivity index (χ0v) is 13.3. The third-order valence-corrected chi connectivity index (χ3v) is 5.58. The Morgan fingerprint density at radius 1 is 1.29 bits per heavy atom. The number of hydrogen-bond acceptors (Lipinski definition) is 5. The Morgan fingerprint density at radius 3 is 2.38 bits per heavy atom. The Hall–Kier alpha value is -1.31. The molecule has 1 aromatic rings. The van der Waals surface area contributed by atoms with Crippen molar-refractivity contribution in [2.75, 3.05) is 20.8 Å². The zero-order chi connectivity index (χ0) is 15.6. The molecular weight excluding hydrogens is 294 g/mol. The van der Waals surface area contributed by atoms with Gasteiger partial charge in [-0.2, -0.15) is 4.31 Å². The number of methoxy groups -OCH3 is 2. The Morgan fingerprint density at radius 2 is 1.95 bits per heavy atom. The normalized spacial score (nSPS) is 15.3. The van der Waals surface area contributed by atoms with Gasteiger partial charge in [0.15, 0.2) is 11.5 Å². The summed E-state index contributed by atoms with van der Waals surface area (Å²) in [5.74, 6) is 0.655. The minimum atomic E-state index is -3.59. The van der Waals surface area contributed by atoms with E-state index in [2.05, 4.69) is 0 Å². The van der Waals surface area contributed by atoms with Gasteiger partial charge < -0.3 is 14.6 Å². The Kier molecular flexibility index (Phi) is 4.75. The number of benzene rings is 1. The van der Waals surface area contributed by atoms with Crippen molar-refractivity contribution in [3.05, 3.63) is 17.7 Å². The minimum Gasteiger partial charge on any atom is -0.493 e. The Bertz CT molecular complexity index is 585. The van der Waals surface area contributed by atoms with Crippen molar-refractivity contribution in [1.29, 1.82) is 0 Å². The fourth-order valence-electron chi connectivity index (χ4n) is 2.40. The van der Waals surface area contributed by atoms with Crippen LogP contribution in [0.25, 0.3) is 0 Å². The van der Waals surface area contributed by atoms with Crippen molar-refractivity contribution in [3.8, 4) is 11.5 Å². The number of aliphatic hydroxyl groups is 1. The number of sulfonamides is 1. The third kappa shape index (κ3) is 3.00. The predicted octanol–water partition coefficient (Wildman–Crippen LogP) is 1.37. The SMILES string of the molecule is CCN(C1CC1)S(=O)(=O)c1cc(CO)c(OC)c(OC)c1. The maximum atomic E-state index is 12.7. The second-order valence-corrected chi connectivity index (χ2v) is 6.81. The number of rotatable bonds is 7. The van der Waals surface area contributed by atoms with Gasteiger partial charge in [0.1, 0.15) is 0 Å². The molecule has 1 aliphatic carbocycles. The molecule has 1 fully saturated rings. The minimum absolute atomic E-state index is 0.0886. The maximum absolute atomic E-state index is 12.7. The molecule has 1 aliphatic rings. The molecule has 1 saturated carbocycles. The van der Waals surface area contributed by atoms with Crippen molar-refractivity contribution >= 4 is 10.0 Å². The Balaban J connectivity index is 2.52. The average Bonchev–Trinajstić information content (AvgIpc) is 3.30. The highest BCUT2D eigenvalue weighted by Gasteiger charge is 2.37. The van der Waals surface area contributed by atoms with Crippen molar-refractivity contribution in [1.82, 2.24) is 4.31 Å². The summed E-state index contributed by atoms with van der Waals surface area (Å²) in [4.78, 5) is 0.123. The summed E-state index contributed by atoms with van der Waals surface area (Å²) in [6.07, 6.45) is 1.79. The van der Waals surface area contributed by atoms with E-state index in [1.54, 1.807) is 0 Å². The first-order valence-corrected chi connectivity index (χ1v) is 8.31. The van der Waals surface area contributed by atoms with E-state index in [1.165, 1.54) is 30.7 Å². The predicted molar refractivity (Wildman–Crippen MR) is 78.1 cm³/mol. The van der Waals surface area contributed by atoms with Gasteiger partial charge in [-0.05, 0) is 18.9 Å². The van der Waals surface area contributed by atoms with E-state index >= 15 is 0 Å².